The van der Waals surface area contributed by atoms with E-state index in [4.69, 9.17) is 0 Å². The highest BCUT2D eigenvalue weighted by atomic mass is 16.2. The number of hydrogen-bond acceptors (Lipinski definition) is 5. The summed E-state index contributed by atoms with van der Waals surface area (Å²) in [6.07, 6.45) is 3.50. The van der Waals surface area contributed by atoms with Crippen molar-refractivity contribution in [2.24, 2.45) is 18.9 Å². The highest BCUT2D eigenvalue weighted by Gasteiger charge is 2.38. The molecule has 5 rings (SSSR count). The van der Waals surface area contributed by atoms with Crippen molar-refractivity contribution in [3.63, 3.8) is 0 Å². The summed E-state index contributed by atoms with van der Waals surface area (Å²) in [4.78, 5) is 27.4. The Morgan fingerprint density at radius 3 is 2.67 bits per heavy atom. The Hall–Kier alpha value is -2.45. The van der Waals surface area contributed by atoms with Gasteiger partial charge in [0.15, 0.2) is 0 Å². The lowest BCUT2D eigenvalue weighted by Crippen LogP contribution is -2.48. The molecular formula is C22H30N6O2. The Kier molecular flexibility index (Phi) is 5.20. The van der Waals surface area contributed by atoms with Gasteiger partial charge >= 0.3 is 5.69 Å². The van der Waals surface area contributed by atoms with E-state index in [0.29, 0.717) is 30.8 Å². The Labute approximate surface area is 176 Å². The highest BCUT2D eigenvalue weighted by molar-refractivity contribution is 5.79. The van der Waals surface area contributed by atoms with E-state index in [1.807, 2.05) is 4.90 Å². The number of fused-ring (bicyclic) bond motifs is 1. The van der Waals surface area contributed by atoms with Gasteiger partial charge in [-0.3, -0.25) is 20.2 Å². The number of piperidine rings is 1. The number of aryl methyl sites for hydroxylation is 2. The van der Waals surface area contributed by atoms with Crippen LogP contribution in [0.4, 0.5) is 0 Å². The molecule has 0 radical (unpaired) electrons. The molecule has 0 saturated carbocycles. The minimum absolute atomic E-state index is 0.112. The van der Waals surface area contributed by atoms with E-state index in [-0.39, 0.29) is 17.5 Å². The van der Waals surface area contributed by atoms with Crippen LogP contribution in [-0.2, 0) is 24.8 Å². The van der Waals surface area contributed by atoms with Crippen LogP contribution in [0.1, 0.15) is 36.6 Å². The van der Waals surface area contributed by atoms with Crippen LogP contribution in [0, 0.1) is 11.8 Å². The molecule has 2 saturated heterocycles. The van der Waals surface area contributed by atoms with Crippen LogP contribution < -0.4 is 16.5 Å². The number of carbonyl (C=O) groups excluding carboxylic acids is 1. The summed E-state index contributed by atoms with van der Waals surface area (Å²) in [5, 5.41) is 4.27. The number of benzene rings is 1. The molecular weight excluding hydrogens is 380 g/mol. The zero-order chi connectivity index (χ0) is 20.7. The summed E-state index contributed by atoms with van der Waals surface area (Å²) in [7, 11) is 1.67. The summed E-state index contributed by atoms with van der Waals surface area (Å²) < 4.78 is 3.05. The molecule has 1 aromatic heterocycles. The van der Waals surface area contributed by atoms with Gasteiger partial charge in [0, 0.05) is 51.6 Å². The first-order valence-electron chi connectivity index (χ1n) is 11.1. The minimum atomic E-state index is -0.118. The van der Waals surface area contributed by atoms with Gasteiger partial charge in [0.1, 0.15) is 5.82 Å². The molecule has 0 spiro atoms. The van der Waals surface area contributed by atoms with Gasteiger partial charge in [-0.25, -0.2) is 9.48 Å². The fourth-order valence-electron chi connectivity index (χ4n) is 5.46. The number of amides is 1. The van der Waals surface area contributed by atoms with Crippen LogP contribution in [0.2, 0.25) is 0 Å². The molecule has 2 fully saturated rings. The van der Waals surface area contributed by atoms with Crippen LogP contribution in [0.25, 0.3) is 0 Å². The largest absolute Gasteiger partial charge is 0.345 e. The van der Waals surface area contributed by atoms with Crippen molar-refractivity contribution in [3.05, 3.63) is 52.2 Å². The lowest BCUT2D eigenvalue weighted by Gasteiger charge is -2.38. The second kappa shape index (κ2) is 8.00. The Morgan fingerprint density at radius 2 is 1.90 bits per heavy atom. The number of hydrazine groups is 1. The van der Waals surface area contributed by atoms with Crippen molar-refractivity contribution < 1.29 is 4.79 Å². The molecule has 3 aliphatic heterocycles. The van der Waals surface area contributed by atoms with Gasteiger partial charge in [0.2, 0.25) is 5.91 Å². The van der Waals surface area contributed by atoms with Gasteiger partial charge in [-0.05, 0) is 30.7 Å². The summed E-state index contributed by atoms with van der Waals surface area (Å²) >= 11 is 0. The molecule has 3 unspecified atom stereocenters. The quantitative estimate of drug-likeness (QED) is 0.776. The number of carbonyl (C=O) groups is 1. The van der Waals surface area contributed by atoms with E-state index in [9.17, 15) is 9.59 Å². The molecule has 2 N–H and O–H groups in total. The summed E-state index contributed by atoms with van der Waals surface area (Å²) in [5.41, 5.74) is 8.11. The smallest absolute Gasteiger partial charge is 0.342 e. The third-order valence-corrected chi connectivity index (χ3v) is 7.16. The number of nitrogens with one attached hydrogen (secondary N) is 2. The van der Waals surface area contributed by atoms with Gasteiger partial charge < -0.3 is 4.90 Å². The average Bonchev–Trinajstić information content (AvgIpc) is 3.39. The first kappa shape index (κ1) is 19.5. The molecule has 30 heavy (non-hydrogen) atoms. The van der Waals surface area contributed by atoms with E-state index in [1.165, 1.54) is 10.2 Å². The van der Waals surface area contributed by atoms with Crippen LogP contribution in [0.5, 0.6) is 0 Å². The Morgan fingerprint density at radius 1 is 1.13 bits per heavy atom. The number of aromatic nitrogens is 3. The van der Waals surface area contributed by atoms with Gasteiger partial charge in [0.05, 0.1) is 5.92 Å². The Bertz CT molecular complexity index is 960. The molecule has 2 aromatic rings. The molecule has 3 aliphatic rings. The third kappa shape index (κ3) is 3.48. The molecule has 1 amide bonds. The third-order valence-electron chi connectivity index (χ3n) is 7.16. The fraction of sp³-hybridized carbons (Fsp3) is 0.591. The number of rotatable bonds is 3. The number of likely N-dealkylation sites (tertiary alicyclic amines) is 1. The molecule has 1 aromatic carbocycles. The van der Waals surface area contributed by atoms with E-state index in [2.05, 4.69) is 46.3 Å². The molecule has 8 heteroatoms. The average molecular weight is 411 g/mol. The van der Waals surface area contributed by atoms with Crippen molar-refractivity contribution in [1.82, 2.24) is 30.1 Å². The standard InChI is InChI=1S/C22H30N6O2/c1-26-22(30)28-14-17(7-8-19(28)25-26)21(29)27-11-9-16(10-12-27)20-18(13-23-24-20)15-5-3-2-4-6-15/h2-6,16-18,20,23-24H,7-14H2,1H3. The molecule has 4 heterocycles. The summed E-state index contributed by atoms with van der Waals surface area (Å²) in [6.45, 7) is 3.01. The minimum Gasteiger partial charge on any atom is -0.342 e. The van der Waals surface area contributed by atoms with Gasteiger partial charge in [-0.1, -0.05) is 30.3 Å². The predicted molar refractivity (Wildman–Crippen MR) is 113 cm³/mol. The van der Waals surface area contributed by atoms with Crippen molar-refractivity contribution in [1.29, 1.82) is 0 Å². The SMILES string of the molecule is Cn1nc2n(c1=O)CC(C(=O)N1CCC(C3NNCC3c3ccccc3)CC1)CC2. The van der Waals surface area contributed by atoms with Gasteiger partial charge in [-0.15, -0.1) is 0 Å². The van der Waals surface area contributed by atoms with Crippen molar-refractivity contribution in [3.8, 4) is 0 Å². The van der Waals surface area contributed by atoms with Crippen LogP contribution in [0.3, 0.4) is 0 Å². The van der Waals surface area contributed by atoms with Gasteiger partial charge in [0.25, 0.3) is 0 Å². The summed E-state index contributed by atoms with van der Waals surface area (Å²) in [5.74, 6) is 1.91. The van der Waals surface area contributed by atoms with Gasteiger partial charge in [-0.2, -0.15) is 5.10 Å². The topological polar surface area (TPSA) is 84.2 Å². The van der Waals surface area contributed by atoms with E-state index in [1.54, 1.807) is 11.6 Å². The van der Waals surface area contributed by atoms with E-state index >= 15 is 0 Å². The lowest BCUT2D eigenvalue weighted by atomic mass is 9.80. The van der Waals surface area contributed by atoms with Crippen molar-refractivity contribution >= 4 is 5.91 Å². The highest BCUT2D eigenvalue weighted by Crippen LogP contribution is 2.33. The summed E-state index contributed by atoms with van der Waals surface area (Å²) in [6, 6.07) is 11.1. The first-order valence-corrected chi connectivity index (χ1v) is 11.1. The number of nitrogens with zero attached hydrogens (tertiary/aromatic N) is 4. The van der Waals surface area contributed by atoms with E-state index in [0.717, 1.165) is 44.7 Å². The zero-order valence-electron chi connectivity index (χ0n) is 17.5. The van der Waals surface area contributed by atoms with Crippen LogP contribution in [0.15, 0.2) is 35.1 Å². The van der Waals surface area contributed by atoms with Crippen LogP contribution >= 0.6 is 0 Å². The maximum absolute atomic E-state index is 13.2. The fourth-order valence-corrected chi connectivity index (χ4v) is 5.46. The molecule has 8 nitrogen and oxygen atoms in total. The first-order chi connectivity index (χ1) is 14.6. The lowest BCUT2D eigenvalue weighted by molar-refractivity contribution is -0.138. The Balaban J connectivity index is 1.20. The van der Waals surface area contributed by atoms with Crippen LogP contribution in [-0.4, -0.2) is 50.8 Å². The molecule has 3 atom stereocenters. The maximum Gasteiger partial charge on any atom is 0.345 e. The zero-order valence-corrected chi connectivity index (χ0v) is 17.5. The number of hydrogen-bond donors (Lipinski definition) is 2. The normalized spacial score (nSPS) is 27.2. The second-order valence-electron chi connectivity index (χ2n) is 8.90. The molecule has 0 bridgehead atoms. The van der Waals surface area contributed by atoms with Crippen molar-refractivity contribution in [2.45, 2.75) is 44.2 Å². The second-order valence-corrected chi connectivity index (χ2v) is 8.90. The predicted octanol–water partition coefficient (Wildman–Crippen LogP) is 0.643. The van der Waals surface area contributed by atoms with Crippen molar-refractivity contribution in [2.75, 3.05) is 19.6 Å². The monoisotopic (exact) mass is 410 g/mol. The molecule has 0 aliphatic carbocycles. The maximum atomic E-state index is 13.2. The van der Waals surface area contributed by atoms with E-state index < -0.39 is 0 Å². The molecule has 160 valence electrons.